The number of nitrogens with zero attached hydrogens (tertiary/aromatic N) is 5. The Labute approximate surface area is 186 Å². The first-order chi connectivity index (χ1) is 15.7. The van der Waals surface area contributed by atoms with E-state index in [1.54, 1.807) is 18.5 Å². The summed E-state index contributed by atoms with van der Waals surface area (Å²) in [5, 5.41) is 7.88. The summed E-state index contributed by atoms with van der Waals surface area (Å²) in [6.07, 6.45) is 12.7. The van der Waals surface area contributed by atoms with Gasteiger partial charge in [0.15, 0.2) is 0 Å². The van der Waals surface area contributed by atoms with Gasteiger partial charge in [-0.25, -0.2) is 9.67 Å². The van der Waals surface area contributed by atoms with Gasteiger partial charge in [0.05, 0.1) is 11.4 Å². The lowest BCUT2D eigenvalue weighted by atomic mass is 10.1. The molecule has 1 N–H and O–H groups in total. The monoisotopic (exact) mass is 424 g/mol. The topological polar surface area (TPSA) is 77.6 Å². The maximum atomic E-state index is 12.7. The van der Waals surface area contributed by atoms with Gasteiger partial charge in [-0.15, -0.1) is 0 Å². The number of rotatable bonds is 5. The van der Waals surface area contributed by atoms with Crippen LogP contribution in [0.3, 0.4) is 0 Å². The lowest BCUT2D eigenvalue weighted by Crippen LogP contribution is -2.40. The molecule has 1 atom stereocenters. The first-order valence-corrected chi connectivity index (χ1v) is 10.7. The van der Waals surface area contributed by atoms with E-state index in [2.05, 4.69) is 19.9 Å². The van der Waals surface area contributed by atoms with Crippen LogP contribution < -0.4 is 5.32 Å². The Morgan fingerprint density at radius 2 is 2.03 bits per heavy atom. The summed E-state index contributed by atoms with van der Waals surface area (Å²) < 4.78 is 3.96. The van der Waals surface area contributed by atoms with Crippen molar-refractivity contribution in [3.05, 3.63) is 90.4 Å². The summed E-state index contributed by atoms with van der Waals surface area (Å²) in [6, 6.07) is 13.9. The molecule has 0 bridgehead atoms. The molecule has 0 fully saturated rings. The average molecular weight is 425 g/mol. The quantitative estimate of drug-likeness (QED) is 0.497. The van der Waals surface area contributed by atoms with Crippen LogP contribution in [0.25, 0.3) is 23.0 Å². The summed E-state index contributed by atoms with van der Waals surface area (Å²) in [7, 11) is 0. The van der Waals surface area contributed by atoms with Crippen LogP contribution in [0.15, 0.2) is 73.3 Å². The number of imidazole rings is 1. The van der Waals surface area contributed by atoms with Gasteiger partial charge in [0.2, 0.25) is 5.91 Å². The minimum atomic E-state index is -0.111. The summed E-state index contributed by atoms with van der Waals surface area (Å²) in [5.74, 6) is 0.984. The lowest BCUT2D eigenvalue weighted by Gasteiger charge is -2.24. The molecule has 1 aromatic carbocycles. The van der Waals surface area contributed by atoms with E-state index in [0.29, 0.717) is 0 Å². The van der Waals surface area contributed by atoms with Crippen molar-refractivity contribution < 1.29 is 4.79 Å². The molecule has 4 heterocycles. The Kier molecular flexibility index (Phi) is 5.37. The normalized spacial score (nSPS) is 15.6. The molecule has 32 heavy (non-hydrogen) atoms. The van der Waals surface area contributed by atoms with E-state index < -0.39 is 0 Å². The number of carbonyl (C=O) groups excluding carboxylic acids is 1. The van der Waals surface area contributed by atoms with E-state index in [4.69, 9.17) is 5.10 Å². The molecule has 7 heteroatoms. The van der Waals surface area contributed by atoms with Gasteiger partial charge in [0, 0.05) is 61.0 Å². The number of amides is 1. The van der Waals surface area contributed by atoms with Gasteiger partial charge < -0.3 is 9.88 Å². The fourth-order valence-corrected chi connectivity index (χ4v) is 4.07. The molecular weight excluding hydrogens is 400 g/mol. The highest BCUT2D eigenvalue weighted by atomic mass is 16.1. The Hall–Kier alpha value is -4.00. The van der Waals surface area contributed by atoms with Gasteiger partial charge >= 0.3 is 0 Å². The van der Waals surface area contributed by atoms with Gasteiger partial charge in [-0.1, -0.05) is 18.2 Å². The van der Waals surface area contributed by atoms with E-state index >= 15 is 0 Å². The first kappa shape index (κ1) is 19.9. The smallest absolute Gasteiger partial charge is 0.244 e. The number of hydrogen-bond donors (Lipinski definition) is 1. The second-order valence-corrected chi connectivity index (χ2v) is 7.98. The molecule has 3 aromatic heterocycles. The van der Waals surface area contributed by atoms with E-state index in [9.17, 15) is 4.79 Å². The maximum Gasteiger partial charge on any atom is 0.244 e. The summed E-state index contributed by atoms with van der Waals surface area (Å²) in [5.41, 5.74) is 4.51. The third-order valence-electron chi connectivity index (χ3n) is 5.57. The maximum absolute atomic E-state index is 12.7. The highest BCUT2D eigenvalue weighted by molar-refractivity contribution is 5.93. The Morgan fingerprint density at radius 3 is 2.84 bits per heavy atom. The van der Waals surface area contributed by atoms with Crippen molar-refractivity contribution in [2.24, 2.45) is 0 Å². The van der Waals surface area contributed by atoms with Gasteiger partial charge in [0.25, 0.3) is 0 Å². The number of nitrogens with one attached hydrogen (secondary N) is 1. The van der Waals surface area contributed by atoms with Gasteiger partial charge in [-0.3, -0.25) is 9.78 Å². The zero-order valence-electron chi connectivity index (χ0n) is 17.8. The van der Waals surface area contributed by atoms with Crippen LogP contribution in [0.5, 0.6) is 0 Å². The zero-order valence-corrected chi connectivity index (χ0v) is 17.8. The fraction of sp³-hybridized carbons (Fsp3) is 0.200. The van der Waals surface area contributed by atoms with Crippen LogP contribution in [0.4, 0.5) is 0 Å². The predicted molar refractivity (Wildman–Crippen MR) is 123 cm³/mol. The third kappa shape index (κ3) is 4.23. The van der Waals surface area contributed by atoms with Crippen molar-refractivity contribution in [2.45, 2.75) is 32.4 Å². The molecular formula is C25H24N6O. The van der Waals surface area contributed by atoms with E-state index in [1.165, 1.54) is 0 Å². The molecule has 160 valence electrons. The number of pyridine rings is 1. The van der Waals surface area contributed by atoms with E-state index in [0.717, 1.165) is 53.4 Å². The second kappa shape index (κ2) is 8.63. The predicted octanol–water partition coefficient (Wildman–Crippen LogP) is 3.58. The number of fused-ring (bicyclic) bond motifs is 1. The number of aromatic nitrogens is 5. The van der Waals surface area contributed by atoms with Crippen LogP contribution in [0.2, 0.25) is 0 Å². The van der Waals surface area contributed by atoms with Crippen LogP contribution in [0, 0.1) is 6.92 Å². The number of para-hydroxylation sites is 1. The van der Waals surface area contributed by atoms with Crippen molar-refractivity contribution in [1.82, 2.24) is 29.6 Å². The first-order valence-electron chi connectivity index (χ1n) is 10.7. The van der Waals surface area contributed by atoms with Crippen molar-refractivity contribution in [2.75, 3.05) is 0 Å². The van der Waals surface area contributed by atoms with E-state index in [-0.39, 0.29) is 11.9 Å². The SMILES string of the molecule is Cc1cn2c(n1)CCC(NC(=O)/C=C/c1cn(-c3ccccc3)nc1-c1cccnc1)C2. The van der Waals surface area contributed by atoms with Crippen molar-refractivity contribution >= 4 is 12.0 Å². The summed E-state index contributed by atoms with van der Waals surface area (Å²) >= 11 is 0. The molecule has 0 radical (unpaired) electrons. The fourth-order valence-electron chi connectivity index (χ4n) is 4.07. The zero-order chi connectivity index (χ0) is 21.9. The number of benzene rings is 1. The molecule has 0 saturated carbocycles. The van der Waals surface area contributed by atoms with Crippen LogP contribution in [-0.2, 0) is 17.8 Å². The van der Waals surface area contributed by atoms with Crippen LogP contribution >= 0.6 is 0 Å². The lowest BCUT2D eigenvalue weighted by molar-refractivity contribution is -0.117. The molecule has 0 saturated heterocycles. The van der Waals surface area contributed by atoms with Gasteiger partial charge in [0.1, 0.15) is 11.5 Å². The standard InChI is InChI=1S/C25H24N6O/c1-18-15-30-17-21(10-11-23(30)27-18)28-24(32)12-9-20-16-31(22-7-3-2-4-8-22)29-25(20)19-6-5-13-26-14-19/h2-9,12-16,21H,10-11,17H2,1H3,(H,28,32)/b12-9+. The Morgan fingerprint density at radius 1 is 1.16 bits per heavy atom. The number of aryl methyl sites for hydroxylation is 2. The highest BCUT2D eigenvalue weighted by Gasteiger charge is 2.20. The molecule has 7 nitrogen and oxygen atoms in total. The average Bonchev–Trinajstić information content (AvgIpc) is 3.41. The molecule has 5 rings (SSSR count). The largest absolute Gasteiger partial charge is 0.348 e. The summed E-state index contributed by atoms with van der Waals surface area (Å²) in [4.78, 5) is 21.4. The van der Waals surface area contributed by atoms with Crippen LogP contribution in [0.1, 0.15) is 23.5 Å². The number of carbonyl (C=O) groups is 1. The molecule has 1 unspecified atom stereocenters. The Bertz CT molecular complexity index is 1260. The molecule has 1 amide bonds. The third-order valence-corrected chi connectivity index (χ3v) is 5.57. The van der Waals surface area contributed by atoms with E-state index in [1.807, 2.05) is 72.5 Å². The highest BCUT2D eigenvalue weighted by Crippen LogP contribution is 2.24. The minimum Gasteiger partial charge on any atom is -0.348 e. The Balaban J connectivity index is 1.36. The second-order valence-electron chi connectivity index (χ2n) is 7.98. The molecule has 1 aliphatic heterocycles. The van der Waals surface area contributed by atoms with Crippen molar-refractivity contribution in [1.29, 1.82) is 0 Å². The minimum absolute atomic E-state index is 0.0954. The van der Waals surface area contributed by atoms with Crippen molar-refractivity contribution in [3.8, 4) is 16.9 Å². The van der Waals surface area contributed by atoms with Gasteiger partial charge in [-0.2, -0.15) is 5.10 Å². The molecule has 1 aliphatic rings. The van der Waals surface area contributed by atoms with Gasteiger partial charge in [-0.05, 0) is 43.7 Å². The van der Waals surface area contributed by atoms with Crippen molar-refractivity contribution in [3.63, 3.8) is 0 Å². The number of hydrogen-bond acceptors (Lipinski definition) is 4. The molecule has 0 aliphatic carbocycles. The van der Waals surface area contributed by atoms with Crippen LogP contribution in [-0.4, -0.2) is 36.3 Å². The summed E-state index contributed by atoms with van der Waals surface area (Å²) in [6.45, 7) is 2.75. The molecule has 4 aromatic rings. The molecule has 0 spiro atoms.